The molecule has 1 aromatic heterocycles. The smallest absolute Gasteiger partial charge is 0.226 e. The van der Waals surface area contributed by atoms with E-state index in [0.29, 0.717) is 10.9 Å². The minimum absolute atomic E-state index is 0.236. The molecule has 3 rings (SSSR count). The number of rotatable bonds is 4. The zero-order valence-corrected chi connectivity index (χ0v) is 12.9. The Balaban J connectivity index is 1.69. The summed E-state index contributed by atoms with van der Waals surface area (Å²) in [5.74, 6) is 0.619. The Morgan fingerprint density at radius 2 is 2.33 bits per heavy atom. The predicted molar refractivity (Wildman–Crippen MR) is 84.0 cm³/mol. The summed E-state index contributed by atoms with van der Waals surface area (Å²) in [5, 5.41) is 0.686. The highest BCUT2D eigenvalue weighted by Gasteiger charge is 2.32. The molecule has 2 aromatic rings. The van der Waals surface area contributed by atoms with Gasteiger partial charge in [-0.05, 0) is 43.1 Å². The highest BCUT2D eigenvalue weighted by molar-refractivity contribution is 6.30. The van der Waals surface area contributed by atoms with E-state index in [4.69, 9.17) is 21.8 Å². The molecule has 112 valence electrons. The van der Waals surface area contributed by atoms with E-state index in [2.05, 4.69) is 16.8 Å². The van der Waals surface area contributed by atoms with Crippen molar-refractivity contribution in [2.24, 2.45) is 11.1 Å². The summed E-state index contributed by atoms with van der Waals surface area (Å²) in [6.07, 6.45) is 2.87. The second kappa shape index (κ2) is 5.79. The largest absolute Gasteiger partial charge is 0.444 e. The Labute approximate surface area is 129 Å². The maximum Gasteiger partial charge on any atom is 0.226 e. The molecule has 1 aliphatic rings. The van der Waals surface area contributed by atoms with Crippen LogP contribution in [0.15, 0.2) is 34.9 Å². The highest BCUT2D eigenvalue weighted by Crippen LogP contribution is 2.30. The molecule has 1 aliphatic heterocycles. The lowest BCUT2D eigenvalue weighted by atomic mass is 9.90. The van der Waals surface area contributed by atoms with Gasteiger partial charge in [0, 0.05) is 23.7 Å². The Kier molecular flexibility index (Phi) is 4.02. The van der Waals surface area contributed by atoms with E-state index in [9.17, 15) is 0 Å². The van der Waals surface area contributed by atoms with Crippen LogP contribution in [0.2, 0.25) is 5.02 Å². The number of aromatic nitrogens is 1. The third-order valence-electron chi connectivity index (χ3n) is 4.14. The van der Waals surface area contributed by atoms with Crippen molar-refractivity contribution in [3.8, 4) is 11.5 Å². The van der Waals surface area contributed by atoms with Crippen molar-refractivity contribution in [1.82, 2.24) is 9.88 Å². The number of oxazole rings is 1. The third kappa shape index (κ3) is 3.28. The van der Waals surface area contributed by atoms with Gasteiger partial charge in [0.2, 0.25) is 5.89 Å². The first-order valence-corrected chi connectivity index (χ1v) is 7.59. The van der Waals surface area contributed by atoms with E-state index >= 15 is 0 Å². The maximum atomic E-state index is 6.00. The number of hydrogen-bond donors (Lipinski definition) is 1. The van der Waals surface area contributed by atoms with Crippen LogP contribution in [-0.2, 0) is 6.54 Å². The fourth-order valence-corrected chi connectivity index (χ4v) is 2.98. The molecule has 0 amide bonds. The molecule has 1 unspecified atom stereocenters. The van der Waals surface area contributed by atoms with Gasteiger partial charge in [0.25, 0.3) is 0 Å². The average molecular weight is 306 g/mol. The van der Waals surface area contributed by atoms with Crippen molar-refractivity contribution in [3.05, 3.63) is 41.2 Å². The van der Waals surface area contributed by atoms with Crippen molar-refractivity contribution in [2.45, 2.75) is 19.9 Å². The molecule has 4 nitrogen and oxygen atoms in total. The van der Waals surface area contributed by atoms with Crippen molar-refractivity contribution >= 4 is 11.6 Å². The summed E-state index contributed by atoms with van der Waals surface area (Å²) in [5.41, 5.74) is 7.94. The number of halogens is 1. The first-order valence-electron chi connectivity index (χ1n) is 7.21. The molecule has 1 atom stereocenters. The number of benzene rings is 1. The number of likely N-dealkylation sites (tertiary alicyclic amines) is 1. The fraction of sp³-hybridized carbons (Fsp3) is 0.438. The second-order valence-corrected chi connectivity index (χ2v) is 6.57. The second-order valence-electron chi connectivity index (χ2n) is 6.13. The molecule has 1 fully saturated rings. The third-order valence-corrected chi connectivity index (χ3v) is 4.37. The van der Waals surface area contributed by atoms with E-state index in [-0.39, 0.29) is 5.41 Å². The summed E-state index contributed by atoms with van der Waals surface area (Å²) < 4.78 is 5.57. The topological polar surface area (TPSA) is 55.3 Å². The Bertz CT molecular complexity index is 627. The standard InChI is InChI=1S/C16H20ClN3O/c1-16(10-18)5-6-20(11-16)8-14-9-21-15(19-14)12-3-2-4-13(17)7-12/h2-4,7,9H,5-6,8,10-11,18H2,1H3. The van der Waals surface area contributed by atoms with Gasteiger partial charge in [0.1, 0.15) is 6.26 Å². The van der Waals surface area contributed by atoms with E-state index in [0.717, 1.165) is 43.9 Å². The molecule has 2 N–H and O–H groups in total. The number of hydrogen-bond acceptors (Lipinski definition) is 4. The summed E-state index contributed by atoms with van der Waals surface area (Å²) in [4.78, 5) is 6.94. The van der Waals surface area contributed by atoms with Crippen LogP contribution in [0.5, 0.6) is 0 Å². The molecule has 0 bridgehead atoms. The first kappa shape index (κ1) is 14.6. The van der Waals surface area contributed by atoms with E-state index in [1.807, 2.05) is 24.3 Å². The first-order chi connectivity index (χ1) is 10.1. The van der Waals surface area contributed by atoms with Gasteiger partial charge in [-0.2, -0.15) is 0 Å². The van der Waals surface area contributed by atoms with Crippen molar-refractivity contribution in [2.75, 3.05) is 19.6 Å². The Hall–Kier alpha value is -1.36. The predicted octanol–water partition coefficient (Wildman–Crippen LogP) is 3.17. The van der Waals surface area contributed by atoms with E-state index in [1.54, 1.807) is 6.26 Å². The minimum atomic E-state index is 0.236. The lowest BCUT2D eigenvalue weighted by molar-refractivity contribution is 0.272. The fourth-order valence-electron chi connectivity index (χ4n) is 2.79. The summed E-state index contributed by atoms with van der Waals surface area (Å²) in [6, 6.07) is 7.54. The van der Waals surface area contributed by atoms with Crippen molar-refractivity contribution in [3.63, 3.8) is 0 Å². The highest BCUT2D eigenvalue weighted by atomic mass is 35.5. The van der Waals surface area contributed by atoms with Gasteiger partial charge in [0.05, 0.1) is 5.69 Å². The van der Waals surface area contributed by atoms with Crippen molar-refractivity contribution < 1.29 is 4.42 Å². The van der Waals surface area contributed by atoms with Gasteiger partial charge in [-0.15, -0.1) is 0 Å². The monoisotopic (exact) mass is 305 g/mol. The number of nitrogens with zero attached hydrogens (tertiary/aromatic N) is 2. The van der Waals surface area contributed by atoms with Gasteiger partial charge in [-0.1, -0.05) is 24.6 Å². The zero-order chi connectivity index (χ0) is 14.9. The molecule has 1 aromatic carbocycles. The van der Waals surface area contributed by atoms with Gasteiger partial charge in [-0.25, -0.2) is 4.98 Å². The maximum absolute atomic E-state index is 6.00. The van der Waals surface area contributed by atoms with Crippen LogP contribution in [0, 0.1) is 5.41 Å². The molecule has 0 aliphatic carbocycles. The summed E-state index contributed by atoms with van der Waals surface area (Å²) >= 11 is 6.00. The van der Waals surface area contributed by atoms with Crippen LogP contribution >= 0.6 is 11.6 Å². The van der Waals surface area contributed by atoms with Crippen LogP contribution in [-0.4, -0.2) is 29.5 Å². The molecule has 0 saturated carbocycles. The van der Waals surface area contributed by atoms with Gasteiger partial charge in [0.15, 0.2) is 0 Å². The zero-order valence-electron chi connectivity index (χ0n) is 12.2. The van der Waals surface area contributed by atoms with Gasteiger partial charge < -0.3 is 10.2 Å². The summed E-state index contributed by atoms with van der Waals surface area (Å²) in [7, 11) is 0. The molecule has 0 spiro atoms. The molecule has 5 heteroatoms. The average Bonchev–Trinajstić information content (AvgIpc) is 3.07. The van der Waals surface area contributed by atoms with Gasteiger partial charge in [-0.3, -0.25) is 4.90 Å². The summed E-state index contributed by atoms with van der Waals surface area (Å²) in [6.45, 7) is 5.86. The van der Waals surface area contributed by atoms with Crippen LogP contribution in [0.3, 0.4) is 0 Å². The Morgan fingerprint density at radius 1 is 1.48 bits per heavy atom. The van der Waals surface area contributed by atoms with E-state index in [1.165, 1.54) is 0 Å². The van der Waals surface area contributed by atoms with Crippen molar-refractivity contribution in [1.29, 1.82) is 0 Å². The van der Waals surface area contributed by atoms with Crippen LogP contribution in [0.25, 0.3) is 11.5 Å². The van der Waals surface area contributed by atoms with Crippen LogP contribution in [0.4, 0.5) is 0 Å². The SMILES string of the molecule is CC1(CN)CCN(Cc2coc(-c3cccc(Cl)c3)n2)C1. The lowest BCUT2D eigenvalue weighted by Gasteiger charge is -2.21. The molecular formula is C16H20ClN3O. The number of nitrogens with two attached hydrogens (primary N) is 1. The van der Waals surface area contributed by atoms with Gasteiger partial charge >= 0.3 is 0 Å². The molecule has 2 heterocycles. The van der Waals surface area contributed by atoms with Crippen LogP contribution in [0.1, 0.15) is 19.0 Å². The minimum Gasteiger partial charge on any atom is -0.444 e. The van der Waals surface area contributed by atoms with Crippen LogP contribution < -0.4 is 5.73 Å². The molecule has 0 radical (unpaired) electrons. The molecule has 1 saturated heterocycles. The lowest BCUT2D eigenvalue weighted by Crippen LogP contribution is -2.31. The quantitative estimate of drug-likeness (QED) is 0.942. The molecule has 21 heavy (non-hydrogen) atoms. The van der Waals surface area contributed by atoms with E-state index < -0.39 is 0 Å². The molecular weight excluding hydrogens is 286 g/mol. The Morgan fingerprint density at radius 3 is 3.05 bits per heavy atom. The normalized spacial score (nSPS) is 22.8.